The number of rotatable bonds is 45. The van der Waals surface area contributed by atoms with Crippen LogP contribution in [-0.2, 0) is 28.6 Å². The first-order chi connectivity index (χ1) is 29.5. The fourth-order valence-electron chi connectivity index (χ4n) is 7.01. The lowest BCUT2D eigenvalue weighted by molar-refractivity contribution is -0.167. The zero-order chi connectivity index (χ0) is 43.7. The van der Waals surface area contributed by atoms with Gasteiger partial charge in [-0.2, -0.15) is 0 Å². The van der Waals surface area contributed by atoms with Crippen LogP contribution in [0.2, 0.25) is 0 Å². The third-order valence-corrected chi connectivity index (χ3v) is 10.8. The number of allylic oxidation sites excluding steroid dienone is 10. The van der Waals surface area contributed by atoms with Crippen molar-refractivity contribution >= 4 is 17.9 Å². The smallest absolute Gasteiger partial charge is 0.306 e. The molecule has 346 valence electrons. The Hall–Kier alpha value is -2.89. The molecule has 0 aromatic carbocycles. The number of hydrogen-bond donors (Lipinski definition) is 0. The van der Waals surface area contributed by atoms with E-state index in [1.165, 1.54) is 122 Å². The van der Waals surface area contributed by atoms with E-state index in [1.54, 1.807) is 0 Å². The summed E-state index contributed by atoms with van der Waals surface area (Å²) in [6, 6.07) is 0. The van der Waals surface area contributed by atoms with Gasteiger partial charge in [0.2, 0.25) is 0 Å². The van der Waals surface area contributed by atoms with E-state index in [9.17, 15) is 14.4 Å². The molecule has 0 aromatic heterocycles. The van der Waals surface area contributed by atoms with Gasteiger partial charge in [-0.25, -0.2) is 0 Å². The van der Waals surface area contributed by atoms with Crippen molar-refractivity contribution < 1.29 is 28.6 Å². The van der Waals surface area contributed by atoms with Crippen molar-refractivity contribution in [2.75, 3.05) is 13.2 Å². The van der Waals surface area contributed by atoms with E-state index >= 15 is 0 Å². The van der Waals surface area contributed by atoms with Crippen molar-refractivity contribution in [1.29, 1.82) is 0 Å². The molecule has 0 aliphatic carbocycles. The standard InChI is InChI=1S/C54H94O6/c1-4-7-10-13-16-19-22-25-26-27-28-30-33-35-38-41-44-47-53(56)59-50-51(60-54(57)48-45-42-39-36-31-24-21-18-15-12-9-6-3)49-58-52(55)46-43-40-37-34-32-29-23-20-17-14-11-8-5-2/h7,10,16,19,25-26,28,30,35,38,51H,4-6,8-9,11-15,17-18,20-24,27,29,31-34,36-37,39-50H2,1-3H3/b10-7-,19-16-,26-25-,30-28-,38-35-/t51-/m0/s1. The van der Waals surface area contributed by atoms with Gasteiger partial charge in [0.25, 0.3) is 0 Å². The second kappa shape index (κ2) is 48.8. The van der Waals surface area contributed by atoms with Crippen LogP contribution in [0.3, 0.4) is 0 Å². The first-order valence-corrected chi connectivity index (χ1v) is 25.3. The van der Waals surface area contributed by atoms with Gasteiger partial charge in [-0.05, 0) is 57.8 Å². The zero-order valence-electron chi connectivity index (χ0n) is 39.5. The summed E-state index contributed by atoms with van der Waals surface area (Å²) < 4.78 is 16.7. The number of carbonyl (C=O) groups is 3. The number of unbranched alkanes of at least 4 members (excludes halogenated alkanes) is 24. The highest BCUT2D eigenvalue weighted by Crippen LogP contribution is 2.15. The molecule has 6 heteroatoms. The number of esters is 3. The maximum Gasteiger partial charge on any atom is 0.306 e. The molecule has 0 spiro atoms. The first-order valence-electron chi connectivity index (χ1n) is 25.3. The minimum atomic E-state index is -0.791. The third kappa shape index (κ3) is 46.2. The van der Waals surface area contributed by atoms with Crippen molar-refractivity contribution in [2.24, 2.45) is 0 Å². The molecular formula is C54H94O6. The Morgan fingerprint density at radius 2 is 0.650 bits per heavy atom. The topological polar surface area (TPSA) is 78.9 Å². The monoisotopic (exact) mass is 839 g/mol. The maximum absolute atomic E-state index is 12.8. The summed E-state index contributed by atoms with van der Waals surface area (Å²) in [6.07, 6.45) is 59.2. The Labute approximate surface area is 370 Å². The summed E-state index contributed by atoms with van der Waals surface area (Å²) in [5.41, 5.74) is 0. The van der Waals surface area contributed by atoms with Crippen molar-refractivity contribution in [3.8, 4) is 0 Å². The molecule has 0 saturated carbocycles. The predicted octanol–water partition coefficient (Wildman–Crippen LogP) is 16.5. The summed E-state index contributed by atoms with van der Waals surface area (Å²) >= 11 is 0. The summed E-state index contributed by atoms with van der Waals surface area (Å²) in [5.74, 6) is -0.944. The molecule has 0 N–H and O–H groups in total. The highest BCUT2D eigenvalue weighted by Gasteiger charge is 2.19. The van der Waals surface area contributed by atoms with E-state index in [0.29, 0.717) is 19.3 Å². The molecule has 0 unspecified atom stereocenters. The van der Waals surface area contributed by atoms with Gasteiger partial charge in [0, 0.05) is 19.3 Å². The highest BCUT2D eigenvalue weighted by molar-refractivity contribution is 5.71. The van der Waals surface area contributed by atoms with E-state index < -0.39 is 6.10 Å². The lowest BCUT2D eigenvalue weighted by Gasteiger charge is -2.18. The van der Waals surface area contributed by atoms with Crippen LogP contribution in [-0.4, -0.2) is 37.2 Å². The van der Waals surface area contributed by atoms with Gasteiger partial charge < -0.3 is 14.2 Å². The van der Waals surface area contributed by atoms with E-state index in [-0.39, 0.29) is 37.5 Å². The first kappa shape index (κ1) is 57.1. The number of hydrogen-bond acceptors (Lipinski definition) is 6. The second-order valence-electron chi connectivity index (χ2n) is 16.7. The molecule has 0 radical (unpaired) electrons. The fourth-order valence-corrected chi connectivity index (χ4v) is 7.01. The van der Waals surface area contributed by atoms with Crippen molar-refractivity contribution in [3.63, 3.8) is 0 Å². The molecule has 0 aliphatic rings. The maximum atomic E-state index is 12.8. The summed E-state index contributed by atoms with van der Waals surface area (Å²) in [6.45, 7) is 6.48. The van der Waals surface area contributed by atoms with E-state index in [4.69, 9.17) is 14.2 Å². The molecule has 0 rings (SSSR count). The molecular weight excluding hydrogens is 745 g/mol. The fraction of sp³-hybridized carbons (Fsp3) is 0.759. The molecule has 0 fully saturated rings. The summed E-state index contributed by atoms with van der Waals surface area (Å²) in [5, 5.41) is 0. The largest absolute Gasteiger partial charge is 0.462 e. The highest BCUT2D eigenvalue weighted by atomic mass is 16.6. The van der Waals surface area contributed by atoms with Crippen molar-refractivity contribution in [3.05, 3.63) is 60.8 Å². The molecule has 0 aliphatic heterocycles. The third-order valence-electron chi connectivity index (χ3n) is 10.8. The van der Waals surface area contributed by atoms with Crippen LogP contribution in [0.5, 0.6) is 0 Å². The van der Waals surface area contributed by atoms with Crippen LogP contribution < -0.4 is 0 Å². The van der Waals surface area contributed by atoms with E-state index in [0.717, 1.165) is 77.0 Å². The van der Waals surface area contributed by atoms with Crippen molar-refractivity contribution in [1.82, 2.24) is 0 Å². The Kier molecular flexibility index (Phi) is 46.4. The van der Waals surface area contributed by atoms with Gasteiger partial charge in [-0.1, -0.05) is 229 Å². The molecule has 1 atom stereocenters. The van der Waals surface area contributed by atoms with E-state index in [2.05, 4.69) is 81.5 Å². The Morgan fingerprint density at radius 1 is 0.350 bits per heavy atom. The van der Waals surface area contributed by atoms with Crippen LogP contribution in [0.25, 0.3) is 0 Å². The van der Waals surface area contributed by atoms with Gasteiger partial charge in [0.15, 0.2) is 6.10 Å². The molecule has 0 aromatic rings. The molecule has 0 saturated heterocycles. The minimum Gasteiger partial charge on any atom is -0.462 e. The van der Waals surface area contributed by atoms with Gasteiger partial charge in [-0.3, -0.25) is 14.4 Å². The normalized spacial score (nSPS) is 12.5. The zero-order valence-corrected chi connectivity index (χ0v) is 39.5. The average molecular weight is 839 g/mol. The van der Waals surface area contributed by atoms with Gasteiger partial charge in [0.05, 0.1) is 0 Å². The quantitative estimate of drug-likeness (QED) is 0.0263. The van der Waals surface area contributed by atoms with Gasteiger partial charge in [-0.15, -0.1) is 0 Å². The summed E-state index contributed by atoms with van der Waals surface area (Å²) in [7, 11) is 0. The molecule has 0 amide bonds. The Bertz CT molecular complexity index is 1100. The molecule has 6 nitrogen and oxygen atoms in total. The molecule has 60 heavy (non-hydrogen) atoms. The number of ether oxygens (including phenoxy) is 3. The van der Waals surface area contributed by atoms with Crippen LogP contribution in [0.15, 0.2) is 60.8 Å². The van der Waals surface area contributed by atoms with E-state index in [1.807, 2.05) is 0 Å². The second-order valence-corrected chi connectivity index (χ2v) is 16.7. The SMILES string of the molecule is CC/C=C\C/C=C\C/C=C\C/C=C\C/C=C\CCCC(=O)OC[C@H](COC(=O)CCCCCCCCCCCCCCC)OC(=O)CCCCCCCCCCCCCC. The van der Waals surface area contributed by atoms with Crippen LogP contribution in [0.1, 0.15) is 245 Å². The van der Waals surface area contributed by atoms with Crippen LogP contribution in [0.4, 0.5) is 0 Å². The molecule has 0 heterocycles. The summed E-state index contributed by atoms with van der Waals surface area (Å²) in [4.78, 5) is 37.9. The van der Waals surface area contributed by atoms with Crippen LogP contribution in [0, 0.1) is 0 Å². The lowest BCUT2D eigenvalue weighted by Crippen LogP contribution is -2.30. The van der Waals surface area contributed by atoms with Crippen LogP contribution >= 0.6 is 0 Å². The van der Waals surface area contributed by atoms with Gasteiger partial charge in [0.1, 0.15) is 13.2 Å². The van der Waals surface area contributed by atoms with Gasteiger partial charge >= 0.3 is 17.9 Å². The average Bonchev–Trinajstić information content (AvgIpc) is 3.24. The minimum absolute atomic E-state index is 0.0885. The number of carbonyl (C=O) groups excluding carboxylic acids is 3. The predicted molar refractivity (Wildman–Crippen MR) is 256 cm³/mol. The molecule has 0 bridgehead atoms. The lowest BCUT2D eigenvalue weighted by atomic mass is 10.0. The Morgan fingerprint density at radius 3 is 1.02 bits per heavy atom. The Balaban J connectivity index is 4.44. The van der Waals surface area contributed by atoms with Crippen molar-refractivity contribution in [2.45, 2.75) is 252 Å².